The molecular weight excluding hydrogens is 243 g/mol. The monoisotopic (exact) mass is 261 g/mol. The molecule has 0 fully saturated rings. The molecule has 0 heterocycles. The van der Waals surface area contributed by atoms with E-state index in [1.165, 1.54) is 6.07 Å². The Labute approximate surface area is 105 Å². The summed E-state index contributed by atoms with van der Waals surface area (Å²) in [6, 6.07) is 3.91. The Balaban J connectivity index is 2.86. The largest absolute Gasteiger partial charge is 0.418 e. The normalized spacial score (nSPS) is 13.7. The van der Waals surface area contributed by atoms with E-state index in [0.717, 1.165) is 12.6 Å². The molecule has 1 aromatic rings. The molecular formula is C12H18F3N3. The van der Waals surface area contributed by atoms with Gasteiger partial charge in [-0.1, -0.05) is 0 Å². The van der Waals surface area contributed by atoms with Crippen LogP contribution in [0.2, 0.25) is 0 Å². The number of benzene rings is 1. The Morgan fingerprint density at radius 2 is 1.94 bits per heavy atom. The van der Waals surface area contributed by atoms with Crippen molar-refractivity contribution >= 4 is 11.4 Å². The molecule has 0 amide bonds. The highest BCUT2D eigenvalue weighted by Crippen LogP contribution is 2.35. The highest BCUT2D eigenvalue weighted by molar-refractivity contribution is 5.58. The lowest BCUT2D eigenvalue weighted by molar-refractivity contribution is -0.136. The highest BCUT2D eigenvalue weighted by atomic mass is 19.4. The fourth-order valence-corrected chi connectivity index (χ4v) is 1.77. The average molecular weight is 261 g/mol. The van der Waals surface area contributed by atoms with Gasteiger partial charge < -0.3 is 16.0 Å². The number of hydrogen-bond donors (Lipinski definition) is 2. The van der Waals surface area contributed by atoms with Crippen LogP contribution < -0.4 is 11.1 Å². The van der Waals surface area contributed by atoms with Gasteiger partial charge >= 0.3 is 6.18 Å². The first-order chi connectivity index (χ1) is 8.20. The van der Waals surface area contributed by atoms with E-state index < -0.39 is 11.7 Å². The molecule has 1 atom stereocenters. The number of nitrogen functional groups attached to an aromatic ring is 1. The van der Waals surface area contributed by atoms with Gasteiger partial charge in [0, 0.05) is 24.0 Å². The van der Waals surface area contributed by atoms with E-state index in [0.29, 0.717) is 5.69 Å². The molecule has 6 heteroatoms. The molecule has 0 saturated carbocycles. The lowest BCUT2D eigenvalue weighted by atomic mass is 10.1. The Morgan fingerprint density at radius 1 is 1.33 bits per heavy atom. The number of hydrogen-bond acceptors (Lipinski definition) is 3. The van der Waals surface area contributed by atoms with Gasteiger partial charge in [0.1, 0.15) is 0 Å². The van der Waals surface area contributed by atoms with Gasteiger partial charge in [0.25, 0.3) is 0 Å². The van der Waals surface area contributed by atoms with Crippen molar-refractivity contribution in [1.29, 1.82) is 0 Å². The van der Waals surface area contributed by atoms with Crippen molar-refractivity contribution in [2.24, 2.45) is 0 Å². The van der Waals surface area contributed by atoms with E-state index in [9.17, 15) is 13.2 Å². The molecule has 0 aliphatic heterocycles. The molecule has 0 spiro atoms. The summed E-state index contributed by atoms with van der Waals surface area (Å²) in [4.78, 5) is 1.96. The van der Waals surface area contributed by atoms with E-state index >= 15 is 0 Å². The molecule has 0 aromatic heterocycles. The van der Waals surface area contributed by atoms with Crippen LogP contribution in [0.25, 0.3) is 0 Å². The van der Waals surface area contributed by atoms with Gasteiger partial charge in [-0.25, -0.2) is 0 Å². The first kappa shape index (κ1) is 14.6. The second-order valence-corrected chi connectivity index (χ2v) is 4.61. The van der Waals surface area contributed by atoms with Crippen molar-refractivity contribution in [3.8, 4) is 0 Å². The fraction of sp³-hybridized carbons (Fsp3) is 0.500. The fourth-order valence-electron chi connectivity index (χ4n) is 1.77. The average Bonchev–Trinajstić information content (AvgIpc) is 2.17. The maximum Gasteiger partial charge on any atom is 0.418 e. The van der Waals surface area contributed by atoms with E-state index in [2.05, 4.69) is 5.32 Å². The maximum atomic E-state index is 12.7. The smallest absolute Gasteiger partial charge is 0.398 e. The van der Waals surface area contributed by atoms with Gasteiger partial charge in [-0.05, 0) is 39.2 Å². The third-order valence-corrected chi connectivity index (χ3v) is 2.41. The minimum absolute atomic E-state index is 0.0460. The Morgan fingerprint density at radius 3 is 2.44 bits per heavy atom. The molecule has 0 radical (unpaired) electrons. The first-order valence-electron chi connectivity index (χ1n) is 5.58. The van der Waals surface area contributed by atoms with Crippen LogP contribution in [0.4, 0.5) is 24.5 Å². The summed E-state index contributed by atoms with van der Waals surface area (Å²) >= 11 is 0. The Hall–Kier alpha value is -1.43. The van der Waals surface area contributed by atoms with Crippen molar-refractivity contribution in [3.05, 3.63) is 23.8 Å². The molecule has 1 rings (SSSR count). The predicted octanol–water partition coefficient (Wildman–Crippen LogP) is 2.65. The molecule has 3 N–H and O–H groups in total. The van der Waals surface area contributed by atoms with E-state index in [4.69, 9.17) is 5.73 Å². The molecule has 1 aromatic carbocycles. The zero-order valence-electron chi connectivity index (χ0n) is 10.7. The maximum absolute atomic E-state index is 12.7. The van der Waals surface area contributed by atoms with Crippen LogP contribution >= 0.6 is 0 Å². The summed E-state index contributed by atoms with van der Waals surface area (Å²) in [5.41, 5.74) is 4.70. The number of nitrogens with one attached hydrogen (secondary N) is 1. The van der Waals surface area contributed by atoms with Crippen molar-refractivity contribution in [2.45, 2.75) is 19.1 Å². The number of alkyl halides is 3. The number of likely N-dealkylation sites (N-methyl/N-ethyl adjacent to an activating group) is 1. The van der Waals surface area contributed by atoms with Gasteiger partial charge in [-0.3, -0.25) is 0 Å². The lowest BCUT2D eigenvalue weighted by Gasteiger charge is -2.20. The topological polar surface area (TPSA) is 41.3 Å². The van der Waals surface area contributed by atoms with Gasteiger partial charge in [-0.15, -0.1) is 0 Å². The predicted molar refractivity (Wildman–Crippen MR) is 67.5 cm³/mol. The van der Waals surface area contributed by atoms with Crippen molar-refractivity contribution in [2.75, 3.05) is 31.7 Å². The van der Waals surface area contributed by atoms with E-state index in [1.807, 2.05) is 25.9 Å². The minimum atomic E-state index is -4.42. The highest BCUT2D eigenvalue weighted by Gasteiger charge is 2.33. The summed E-state index contributed by atoms with van der Waals surface area (Å²) in [7, 11) is 3.81. The second-order valence-electron chi connectivity index (χ2n) is 4.61. The van der Waals surface area contributed by atoms with Gasteiger partial charge in [0.05, 0.1) is 5.56 Å². The molecule has 1 unspecified atom stereocenters. The van der Waals surface area contributed by atoms with Crippen LogP contribution in [0.5, 0.6) is 0 Å². The lowest BCUT2D eigenvalue weighted by Crippen LogP contribution is -2.29. The van der Waals surface area contributed by atoms with Crippen LogP contribution in [-0.4, -0.2) is 31.6 Å². The van der Waals surface area contributed by atoms with Gasteiger partial charge in [0.15, 0.2) is 0 Å². The third-order valence-electron chi connectivity index (χ3n) is 2.41. The standard InChI is InChI=1S/C12H18F3N3/c1-8(7-18(2)3)17-9-4-5-11(16)10(6-9)12(13,14)15/h4-6,8,17H,7,16H2,1-3H3. The van der Waals surface area contributed by atoms with Gasteiger partial charge in [0.2, 0.25) is 0 Å². The van der Waals surface area contributed by atoms with Crippen LogP contribution in [0.1, 0.15) is 12.5 Å². The van der Waals surface area contributed by atoms with Crippen molar-refractivity contribution < 1.29 is 13.2 Å². The van der Waals surface area contributed by atoms with Crippen LogP contribution in [0.3, 0.4) is 0 Å². The molecule has 0 aliphatic rings. The molecule has 0 saturated heterocycles. The summed E-state index contributed by atoms with van der Waals surface area (Å²) in [5, 5.41) is 3.02. The number of anilines is 2. The molecule has 102 valence electrons. The number of halogens is 3. The van der Waals surface area contributed by atoms with Crippen LogP contribution in [0, 0.1) is 0 Å². The summed E-state index contributed by atoms with van der Waals surface area (Å²) in [5.74, 6) is 0. The van der Waals surface area contributed by atoms with E-state index in [1.54, 1.807) is 6.07 Å². The quantitative estimate of drug-likeness (QED) is 0.819. The van der Waals surface area contributed by atoms with E-state index in [-0.39, 0.29) is 11.7 Å². The molecule has 0 bridgehead atoms. The second kappa shape index (κ2) is 5.48. The van der Waals surface area contributed by atoms with Crippen molar-refractivity contribution in [1.82, 2.24) is 4.90 Å². The summed E-state index contributed by atoms with van der Waals surface area (Å²) in [6.07, 6.45) is -4.42. The Bertz CT molecular complexity index is 402. The first-order valence-corrected chi connectivity index (χ1v) is 5.58. The van der Waals surface area contributed by atoms with Crippen molar-refractivity contribution in [3.63, 3.8) is 0 Å². The Kier molecular flexibility index (Phi) is 4.45. The van der Waals surface area contributed by atoms with Gasteiger partial charge in [-0.2, -0.15) is 13.2 Å². The summed E-state index contributed by atoms with van der Waals surface area (Å²) in [6.45, 7) is 2.63. The van der Waals surface area contributed by atoms with Crippen LogP contribution in [0.15, 0.2) is 18.2 Å². The number of nitrogens with zero attached hydrogens (tertiary/aromatic N) is 1. The third kappa shape index (κ3) is 4.10. The summed E-state index contributed by atoms with van der Waals surface area (Å²) < 4.78 is 38.0. The minimum Gasteiger partial charge on any atom is -0.398 e. The number of nitrogens with two attached hydrogens (primary N) is 1. The zero-order chi connectivity index (χ0) is 13.9. The number of rotatable bonds is 4. The molecule has 18 heavy (non-hydrogen) atoms. The van der Waals surface area contributed by atoms with Crippen LogP contribution in [-0.2, 0) is 6.18 Å². The zero-order valence-corrected chi connectivity index (χ0v) is 10.7. The molecule has 3 nitrogen and oxygen atoms in total. The molecule has 0 aliphatic carbocycles. The SMILES string of the molecule is CC(CN(C)C)Nc1ccc(N)c(C(F)(F)F)c1.